The van der Waals surface area contributed by atoms with Gasteiger partial charge in [0.15, 0.2) is 12.4 Å². The Morgan fingerprint density at radius 1 is 1.37 bits per heavy atom. The molecule has 12 heteroatoms. The van der Waals surface area contributed by atoms with Gasteiger partial charge in [0.1, 0.15) is 5.02 Å². The Morgan fingerprint density at radius 2 is 2.11 bits per heavy atom. The number of nitrogens with one attached hydrogen (secondary N) is 2. The van der Waals surface area contributed by atoms with Crippen molar-refractivity contribution in [3.05, 3.63) is 39.8 Å². The maximum absolute atomic E-state index is 14.9. The highest BCUT2D eigenvalue weighted by Crippen LogP contribution is 2.45. The molecule has 1 aliphatic carbocycles. The van der Waals surface area contributed by atoms with E-state index in [-0.39, 0.29) is 17.4 Å². The molecule has 204 valence electrons. The maximum Gasteiger partial charge on any atom is 0.301 e. The minimum absolute atomic E-state index is 0.115. The number of aromatic nitrogens is 3. The van der Waals surface area contributed by atoms with Crippen LogP contribution in [0.4, 0.5) is 31.9 Å². The number of nitrogens with zero attached hydrogens (tertiary/aromatic N) is 4. The summed E-state index contributed by atoms with van der Waals surface area (Å²) in [7, 11) is 3.40. The Bertz CT molecular complexity index is 1440. The molecule has 1 saturated carbocycles. The first-order valence-electron chi connectivity index (χ1n) is 12.5. The van der Waals surface area contributed by atoms with E-state index in [1.165, 1.54) is 10.8 Å². The summed E-state index contributed by atoms with van der Waals surface area (Å²) in [5.41, 5.74) is 0.110. The van der Waals surface area contributed by atoms with Crippen LogP contribution in [0.15, 0.2) is 29.2 Å². The van der Waals surface area contributed by atoms with Crippen molar-refractivity contribution in [2.75, 3.05) is 35.7 Å². The molecule has 3 aromatic rings. The quantitative estimate of drug-likeness (QED) is 0.395. The van der Waals surface area contributed by atoms with Crippen molar-refractivity contribution in [2.24, 2.45) is 13.0 Å². The summed E-state index contributed by atoms with van der Waals surface area (Å²) in [5, 5.41) is 17.1. The highest BCUT2D eigenvalue weighted by molar-refractivity contribution is 6.32. The van der Waals surface area contributed by atoms with E-state index in [1.807, 2.05) is 11.9 Å². The molecule has 38 heavy (non-hydrogen) atoms. The van der Waals surface area contributed by atoms with Gasteiger partial charge in [0.05, 0.1) is 29.0 Å². The van der Waals surface area contributed by atoms with Crippen LogP contribution in [0.2, 0.25) is 5.02 Å². The summed E-state index contributed by atoms with van der Waals surface area (Å²) in [6.45, 7) is 3.15. The molecular formula is C26H31ClF2N6O3. The zero-order valence-electron chi connectivity index (χ0n) is 21.7. The van der Waals surface area contributed by atoms with E-state index in [0.29, 0.717) is 59.2 Å². The third-order valence-corrected chi connectivity index (χ3v) is 7.28. The predicted octanol–water partition coefficient (Wildman–Crippen LogP) is 4.54. The fraction of sp³-hybridized carbons (Fsp3) is 0.500. The van der Waals surface area contributed by atoms with Crippen LogP contribution in [-0.2, 0) is 7.05 Å². The van der Waals surface area contributed by atoms with Gasteiger partial charge < -0.3 is 29.9 Å². The molecule has 0 bridgehead atoms. The van der Waals surface area contributed by atoms with Gasteiger partial charge >= 0.3 is 5.92 Å². The molecule has 0 amide bonds. The molecule has 1 aliphatic heterocycles. The fourth-order valence-electron chi connectivity index (χ4n) is 4.59. The maximum atomic E-state index is 14.9. The van der Waals surface area contributed by atoms with E-state index in [9.17, 15) is 18.7 Å². The van der Waals surface area contributed by atoms with Gasteiger partial charge in [-0.05, 0) is 57.2 Å². The molecule has 9 nitrogen and oxygen atoms in total. The van der Waals surface area contributed by atoms with Gasteiger partial charge in [0, 0.05) is 31.7 Å². The molecule has 1 aromatic carbocycles. The summed E-state index contributed by atoms with van der Waals surface area (Å²) in [4.78, 5) is 23.6. The van der Waals surface area contributed by atoms with Crippen molar-refractivity contribution in [1.29, 1.82) is 0 Å². The van der Waals surface area contributed by atoms with E-state index >= 15 is 0 Å². The zero-order valence-corrected chi connectivity index (χ0v) is 22.4. The molecule has 0 unspecified atom stereocenters. The predicted molar refractivity (Wildman–Crippen MR) is 144 cm³/mol. The lowest BCUT2D eigenvalue weighted by Crippen LogP contribution is -2.44. The van der Waals surface area contributed by atoms with Crippen molar-refractivity contribution in [1.82, 2.24) is 14.5 Å². The largest absolute Gasteiger partial charge is 0.480 e. The number of ether oxygens (including phenoxy) is 1. The number of hydrogen-bond acceptors (Lipinski definition) is 8. The second-order valence-corrected chi connectivity index (χ2v) is 11.2. The topological polar surface area (TPSA) is 105 Å². The highest BCUT2D eigenvalue weighted by atomic mass is 35.5. The van der Waals surface area contributed by atoms with Crippen molar-refractivity contribution in [3.63, 3.8) is 0 Å². The number of aryl methyl sites for hydroxylation is 1. The van der Waals surface area contributed by atoms with Crippen molar-refractivity contribution < 1.29 is 18.6 Å². The van der Waals surface area contributed by atoms with Crippen LogP contribution < -0.4 is 25.8 Å². The standard InChI is InChI=1S/C26H31ClF2N6O3/c1-25(2,37)9-10-34(3)24-30-12-17(27)22(33-24)31-15-7-8-18-16(11-15)19-20(23(36)35(18)4)38-13-26(28,29)21(32-19)14-5-6-14/h7-8,11-12,14,21,32,37H,5-6,9-10,13H2,1-4H3,(H,30,31,33)/t21-/m0/s1. The first kappa shape index (κ1) is 26.4. The minimum atomic E-state index is -3.12. The van der Waals surface area contributed by atoms with Gasteiger partial charge in [-0.1, -0.05) is 11.6 Å². The lowest BCUT2D eigenvalue weighted by atomic mass is 10.0. The summed E-state index contributed by atoms with van der Waals surface area (Å²) in [6.07, 6.45) is 3.41. The van der Waals surface area contributed by atoms with Crippen molar-refractivity contribution >= 4 is 45.6 Å². The number of fused-ring (bicyclic) bond motifs is 3. The molecule has 0 saturated heterocycles. The summed E-state index contributed by atoms with van der Waals surface area (Å²) in [5.74, 6) is -2.63. The van der Waals surface area contributed by atoms with Crippen LogP contribution in [0.25, 0.3) is 10.9 Å². The van der Waals surface area contributed by atoms with Crippen LogP contribution in [0, 0.1) is 5.92 Å². The van der Waals surface area contributed by atoms with E-state index in [1.54, 1.807) is 39.1 Å². The monoisotopic (exact) mass is 548 g/mol. The van der Waals surface area contributed by atoms with Gasteiger partial charge in [-0.25, -0.2) is 13.8 Å². The smallest absolute Gasteiger partial charge is 0.301 e. The van der Waals surface area contributed by atoms with Gasteiger partial charge in [0.2, 0.25) is 11.7 Å². The molecule has 3 N–H and O–H groups in total. The second-order valence-electron chi connectivity index (χ2n) is 10.8. The van der Waals surface area contributed by atoms with Gasteiger partial charge in [-0.2, -0.15) is 4.98 Å². The normalized spacial score (nSPS) is 18.8. The van der Waals surface area contributed by atoms with Crippen LogP contribution >= 0.6 is 11.6 Å². The Hall–Kier alpha value is -3.18. The Morgan fingerprint density at radius 3 is 2.79 bits per heavy atom. The molecule has 1 atom stereocenters. The number of anilines is 4. The van der Waals surface area contributed by atoms with E-state index < -0.39 is 29.7 Å². The minimum Gasteiger partial charge on any atom is -0.480 e. The summed E-state index contributed by atoms with van der Waals surface area (Å²) in [6, 6.07) is 4.14. The van der Waals surface area contributed by atoms with Gasteiger partial charge in [0.25, 0.3) is 5.56 Å². The zero-order chi connectivity index (χ0) is 27.4. The number of pyridine rings is 1. The third kappa shape index (κ3) is 5.22. The van der Waals surface area contributed by atoms with Crippen LogP contribution in [0.1, 0.15) is 33.1 Å². The number of benzene rings is 1. The average molecular weight is 549 g/mol. The summed E-state index contributed by atoms with van der Waals surface area (Å²) >= 11 is 6.39. The Balaban J connectivity index is 1.51. The van der Waals surface area contributed by atoms with Gasteiger partial charge in [-0.3, -0.25) is 4.79 Å². The molecule has 0 radical (unpaired) electrons. The fourth-order valence-corrected chi connectivity index (χ4v) is 4.73. The number of hydrogen-bond donors (Lipinski definition) is 3. The first-order valence-corrected chi connectivity index (χ1v) is 12.9. The molecule has 2 aromatic heterocycles. The van der Waals surface area contributed by atoms with E-state index in [2.05, 4.69) is 20.6 Å². The number of halogens is 3. The van der Waals surface area contributed by atoms with E-state index in [0.717, 1.165) is 0 Å². The first-order chi connectivity index (χ1) is 17.8. The molecule has 5 rings (SSSR count). The molecule has 1 fully saturated rings. The SMILES string of the molecule is CN(CCC(C)(C)O)c1ncc(Cl)c(Nc2ccc3c(c2)c2c(c(=O)n3C)OCC(F)(F)[C@H](C3CC3)N2)n1. The third-order valence-electron chi connectivity index (χ3n) is 7.00. The molecule has 3 heterocycles. The van der Waals surface area contributed by atoms with Crippen LogP contribution in [-0.4, -0.2) is 57.4 Å². The lowest BCUT2D eigenvalue weighted by Gasteiger charge is -2.25. The second kappa shape index (κ2) is 9.53. The highest BCUT2D eigenvalue weighted by Gasteiger charge is 2.51. The van der Waals surface area contributed by atoms with Gasteiger partial charge in [-0.15, -0.1) is 0 Å². The van der Waals surface area contributed by atoms with E-state index in [4.69, 9.17) is 16.3 Å². The molecule has 2 aliphatic rings. The molecule has 0 spiro atoms. The Kier molecular flexibility index (Phi) is 6.63. The number of aliphatic hydroxyl groups is 1. The van der Waals surface area contributed by atoms with Crippen molar-refractivity contribution in [3.8, 4) is 5.75 Å². The van der Waals surface area contributed by atoms with Crippen LogP contribution in [0.5, 0.6) is 5.75 Å². The number of alkyl halides is 2. The average Bonchev–Trinajstić information content (AvgIpc) is 3.69. The number of rotatable bonds is 7. The lowest BCUT2D eigenvalue weighted by molar-refractivity contribution is -0.0579. The van der Waals surface area contributed by atoms with Crippen LogP contribution in [0.3, 0.4) is 0 Å². The Labute approximate surface area is 223 Å². The summed E-state index contributed by atoms with van der Waals surface area (Å²) < 4.78 is 36.6. The van der Waals surface area contributed by atoms with Crippen molar-refractivity contribution in [2.45, 2.75) is 50.7 Å². The molecular weight excluding hydrogens is 518 g/mol.